The number of ketones is 1. The van der Waals surface area contributed by atoms with Crippen LogP contribution in [-0.2, 0) is 0 Å². The van der Waals surface area contributed by atoms with Crippen molar-refractivity contribution >= 4 is 33.0 Å². The zero-order valence-corrected chi connectivity index (χ0v) is 13.8. The Hall–Kier alpha value is -0.930. The maximum atomic E-state index is 12.6. The quantitative estimate of drug-likeness (QED) is 0.673. The van der Waals surface area contributed by atoms with Crippen molar-refractivity contribution in [1.82, 2.24) is 0 Å². The number of aryl methyl sites for hydroxylation is 1. The van der Waals surface area contributed by atoms with Crippen molar-refractivity contribution in [2.45, 2.75) is 33.1 Å². The first-order chi connectivity index (χ1) is 9.04. The molecule has 0 spiro atoms. The maximum Gasteiger partial charge on any atom is 0.171 e. The lowest BCUT2D eigenvalue weighted by atomic mass is 9.91. The van der Waals surface area contributed by atoms with Crippen LogP contribution in [0, 0.1) is 13.8 Å². The number of rotatable bonds is 4. The molecule has 19 heavy (non-hydrogen) atoms. The van der Waals surface area contributed by atoms with Crippen LogP contribution >= 0.6 is 27.3 Å². The van der Waals surface area contributed by atoms with E-state index in [1.165, 1.54) is 16.0 Å². The third kappa shape index (κ3) is 2.98. The molecule has 0 fully saturated rings. The molecule has 0 amide bonds. The molecule has 1 unspecified atom stereocenters. The van der Waals surface area contributed by atoms with Gasteiger partial charge in [-0.05, 0) is 48.9 Å². The van der Waals surface area contributed by atoms with Gasteiger partial charge >= 0.3 is 0 Å². The van der Waals surface area contributed by atoms with Crippen molar-refractivity contribution in [3.63, 3.8) is 0 Å². The smallest absolute Gasteiger partial charge is 0.171 e. The van der Waals surface area contributed by atoms with E-state index in [2.05, 4.69) is 42.1 Å². The van der Waals surface area contributed by atoms with Gasteiger partial charge in [0.25, 0.3) is 0 Å². The minimum Gasteiger partial charge on any atom is -0.293 e. The van der Waals surface area contributed by atoms with Gasteiger partial charge in [-0.1, -0.05) is 35.0 Å². The van der Waals surface area contributed by atoms with Gasteiger partial charge < -0.3 is 0 Å². The van der Waals surface area contributed by atoms with E-state index in [-0.39, 0.29) is 11.7 Å². The molecule has 2 rings (SSSR count). The van der Waals surface area contributed by atoms with Gasteiger partial charge in [0.05, 0.1) is 5.92 Å². The predicted octanol–water partition coefficient (Wildman–Crippen LogP) is 5.50. The second-order valence-electron chi connectivity index (χ2n) is 4.74. The van der Waals surface area contributed by atoms with Crippen LogP contribution in [0.5, 0.6) is 0 Å². The minimum absolute atomic E-state index is 0.0140. The summed E-state index contributed by atoms with van der Waals surface area (Å²) < 4.78 is 1.00. The molecule has 1 aromatic heterocycles. The summed E-state index contributed by atoms with van der Waals surface area (Å²) in [5, 5.41) is 2.14. The third-order valence-electron chi connectivity index (χ3n) is 3.49. The van der Waals surface area contributed by atoms with Gasteiger partial charge in [-0.15, -0.1) is 11.3 Å². The van der Waals surface area contributed by atoms with Gasteiger partial charge in [-0.3, -0.25) is 4.79 Å². The van der Waals surface area contributed by atoms with Crippen LogP contribution in [0.2, 0.25) is 0 Å². The van der Waals surface area contributed by atoms with Gasteiger partial charge in [0.15, 0.2) is 5.78 Å². The van der Waals surface area contributed by atoms with Crippen molar-refractivity contribution in [2.24, 2.45) is 0 Å². The van der Waals surface area contributed by atoms with E-state index < -0.39 is 0 Å². The fourth-order valence-corrected chi connectivity index (χ4v) is 3.69. The summed E-state index contributed by atoms with van der Waals surface area (Å²) in [5.41, 5.74) is 3.34. The van der Waals surface area contributed by atoms with Crippen LogP contribution in [0.4, 0.5) is 0 Å². The Kier molecular flexibility index (Phi) is 4.58. The van der Waals surface area contributed by atoms with Crippen LogP contribution in [0.25, 0.3) is 0 Å². The minimum atomic E-state index is -0.0140. The lowest BCUT2D eigenvalue weighted by molar-refractivity contribution is 0.0958. The molecule has 1 aromatic carbocycles. The van der Waals surface area contributed by atoms with Gasteiger partial charge in [0.1, 0.15) is 0 Å². The Bertz CT molecular complexity index is 583. The summed E-state index contributed by atoms with van der Waals surface area (Å²) in [6, 6.07) is 7.63. The summed E-state index contributed by atoms with van der Waals surface area (Å²) in [7, 11) is 0. The second kappa shape index (κ2) is 6.02. The summed E-state index contributed by atoms with van der Waals surface area (Å²) >= 11 is 5.10. The van der Waals surface area contributed by atoms with Gasteiger partial charge in [0.2, 0.25) is 0 Å². The van der Waals surface area contributed by atoms with Gasteiger partial charge in [0, 0.05) is 14.9 Å². The van der Waals surface area contributed by atoms with Crippen LogP contribution < -0.4 is 0 Å². The number of thiophene rings is 1. The summed E-state index contributed by atoms with van der Waals surface area (Å²) in [6.07, 6.45) is 0.843. The topological polar surface area (TPSA) is 17.1 Å². The van der Waals surface area contributed by atoms with Gasteiger partial charge in [-0.2, -0.15) is 0 Å². The highest BCUT2D eigenvalue weighted by Crippen LogP contribution is 2.33. The molecular weight excluding hydrogens is 320 g/mol. The van der Waals surface area contributed by atoms with Crippen LogP contribution in [0.1, 0.15) is 45.6 Å². The molecule has 1 heterocycles. The van der Waals surface area contributed by atoms with Crippen molar-refractivity contribution in [1.29, 1.82) is 0 Å². The van der Waals surface area contributed by atoms with Gasteiger partial charge in [-0.25, -0.2) is 0 Å². The number of carbonyl (C=O) groups is 1. The Morgan fingerprint density at radius 2 is 1.89 bits per heavy atom. The molecule has 0 saturated heterocycles. The van der Waals surface area contributed by atoms with E-state index in [1.54, 1.807) is 11.3 Å². The second-order valence-corrected chi connectivity index (χ2v) is 6.57. The van der Waals surface area contributed by atoms with E-state index in [9.17, 15) is 4.79 Å². The van der Waals surface area contributed by atoms with Crippen molar-refractivity contribution in [3.8, 4) is 0 Å². The highest BCUT2D eigenvalue weighted by atomic mass is 79.9. The normalized spacial score (nSPS) is 12.4. The Morgan fingerprint density at radius 1 is 1.26 bits per heavy atom. The summed E-state index contributed by atoms with van der Waals surface area (Å²) in [4.78, 5) is 13.9. The summed E-state index contributed by atoms with van der Waals surface area (Å²) in [5.74, 6) is 0.208. The third-order valence-corrected chi connectivity index (χ3v) is 5.34. The number of Topliss-reactive ketones (excluding diaryl/α,β-unsaturated/α-hetero) is 1. The zero-order valence-electron chi connectivity index (χ0n) is 11.4. The van der Waals surface area contributed by atoms with Crippen LogP contribution in [0.3, 0.4) is 0 Å². The molecule has 3 heteroatoms. The number of carbonyl (C=O) groups excluding carboxylic acids is 1. The average molecular weight is 337 g/mol. The monoisotopic (exact) mass is 336 g/mol. The molecule has 100 valence electrons. The van der Waals surface area contributed by atoms with Crippen LogP contribution in [0.15, 0.2) is 34.1 Å². The lowest BCUT2D eigenvalue weighted by Gasteiger charge is -2.14. The molecule has 0 aliphatic rings. The molecule has 2 aromatic rings. The molecule has 1 atom stereocenters. The average Bonchev–Trinajstić information content (AvgIpc) is 2.73. The van der Waals surface area contributed by atoms with Crippen LogP contribution in [-0.4, -0.2) is 5.78 Å². The van der Waals surface area contributed by atoms with E-state index in [1.807, 2.05) is 24.3 Å². The Morgan fingerprint density at radius 3 is 2.37 bits per heavy atom. The molecule has 0 N–H and O–H groups in total. The lowest BCUT2D eigenvalue weighted by Crippen LogP contribution is -2.12. The molecular formula is C16H17BrOS. The Balaban J connectivity index is 2.34. The van der Waals surface area contributed by atoms with Crippen molar-refractivity contribution in [3.05, 3.63) is 55.7 Å². The molecule has 0 aliphatic carbocycles. The fourth-order valence-electron chi connectivity index (χ4n) is 2.17. The first kappa shape index (κ1) is 14.5. The van der Waals surface area contributed by atoms with E-state index in [0.717, 1.165) is 16.5 Å². The number of halogens is 1. The largest absolute Gasteiger partial charge is 0.293 e. The number of hydrogen-bond donors (Lipinski definition) is 0. The zero-order chi connectivity index (χ0) is 14.0. The van der Waals surface area contributed by atoms with E-state index in [0.29, 0.717) is 0 Å². The summed E-state index contributed by atoms with van der Waals surface area (Å²) in [6.45, 7) is 6.29. The number of hydrogen-bond acceptors (Lipinski definition) is 2. The van der Waals surface area contributed by atoms with Crippen molar-refractivity contribution < 1.29 is 4.79 Å². The highest BCUT2D eigenvalue weighted by Gasteiger charge is 2.23. The predicted molar refractivity (Wildman–Crippen MR) is 85.3 cm³/mol. The maximum absolute atomic E-state index is 12.6. The molecule has 0 aliphatic heterocycles. The molecule has 0 bridgehead atoms. The van der Waals surface area contributed by atoms with E-state index >= 15 is 0 Å². The Labute approximate surface area is 126 Å². The standard InChI is InChI=1S/C16H17BrOS/c1-4-14(16-11(3)10(2)9-19-16)15(18)12-5-7-13(17)8-6-12/h5-9,14H,4H2,1-3H3. The molecule has 0 saturated carbocycles. The number of benzene rings is 1. The first-order valence-corrected chi connectivity index (χ1v) is 8.06. The molecule has 0 radical (unpaired) electrons. The van der Waals surface area contributed by atoms with Crippen molar-refractivity contribution in [2.75, 3.05) is 0 Å². The molecule has 1 nitrogen and oxygen atoms in total. The fraction of sp³-hybridized carbons (Fsp3) is 0.312. The highest BCUT2D eigenvalue weighted by molar-refractivity contribution is 9.10. The first-order valence-electron chi connectivity index (χ1n) is 6.39. The van der Waals surface area contributed by atoms with E-state index in [4.69, 9.17) is 0 Å². The SMILES string of the molecule is CCC(C(=O)c1ccc(Br)cc1)c1scc(C)c1C.